The van der Waals surface area contributed by atoms with E-state index in [1.165, 1.54) is 31.5 Å². The zero-order valence-corrected chi connectivity index (χ0v) is 18.0. The number of carbonyl (C=O) groups is 2. The first kappa shape index (κ1) is 21.8. The summed E-state index contributed by atoms with van der Waals surface area (Å²) in [6, 6.07) is 15.2. The summed E-state index contributed by atoms with van der Waals surface area (Å²) >= 11 is 0. The lowest BCUT2D eigenvalue weighted by atomic mass is 10.1. The smallest absolute Gasteiger partial charge is 0.412 e. The maximum Gasteiger partial charge on any atom is 0.412 e. The molecule has 0 saturated carbocycles. The number of benzene rings is 2. The molecule has 1 aliphatic heterocycles. The average molecular weight is 410 g/mol. The van der Waals surface area contributed by atoms with Gasteiger partial charge in [0.1, 0.15) is 5.60 Å². The molecule has 2 N–H and O–H groups in total. The molecule has 1 fully saturated rings. The van der Waals surface area contributed by atoms with Gasteiger partial charge in [-0.3, -0.25) is 15.0 Å². The normalized spacial score (nSPS) is 14.4. The first-order valence-electron chi connectivity index (χ1n) is 10.5. The summed E-state index contributed by atoms with van der Waals surface area (Å²) in [5.74, 6) is -0.191. The van der Waals surface area contributed by atoms with Crippen molar-refractivity contribution in [2.75, 3.05) is 18.4 Å². The number of nitrogens with zero attached hydrogens (tertiary/aromatic N) is 1. The highest BCUT2D eigenvalue weighted by Crippen LogP contribution is 2.15. The molecule has 0 radical (unpaired) electrons. The van der Waals surface area contributed by atoms with E-state index in [0.717, 1.165) is 12.1 Å². The van der Waals surface area contributed by atoms with Crippen LogP contribution in [0.2, 0.25) is 0 Å². The van der Waals surface area contributed by atoms with Crippen LogP contribution in [0.5, 0.6) is 0 Å². The first-order chi connectivity index (χ1) is 14.3. The molecule has 1 aliphatic rings. The van der Waals surface area contributed by atoms with Gasteiger partial charge >= 0.3 is 6.09 Å². The molecule has 30 heavy (non-hydrogen) atoms. The number of rotatable bonds is 6. The van der Waals surface area contributed by atoms with E-state index in [2.05, 4.69) is 39.8 Å². The minimum Gasteiger partial charge on any atom is -0.444 e. The number of anilines is 1. The molecule has 1 heterocycles. The van der Waals surface area contributed by atoms with Crippen molar-refractivity contribution in [3.63, 3.8) is 0 Å². The highest BCUT2D eigenvalue weighted by molar-refractivity contribution is 5.96. The molecular formula is C24H31N3O3. The lowest BCUT2D eigenvalue weighted by molar-refractivity contribution is 0.0635. The van der Waals surface area contributed by atoms with Crippen LogP contribution in [0, 0.1) is 0 Å². The summed E-state index contributed by atoms with van der Waals surface area (Å²) in [5.41, 5.74) is 2.77. The largest absolute Gasteiger partial charge is 0.444 e. The zero-order chi connectivity index (χ0) is 21.6. The van der Waals surface area contributed by atoms with E-state index in [0.29, 0.717) is 17.8 Å². The molecule has 2 amide bonds. The number of hydrogen-bond donors (Lipinski definition) is 2. The van der Waals surface area contributed by atoms with Gasteiger partial charge in [-0.1, -0.05) is 30.3 Å². The third-order valence-corrected chi connectivity index (χ3v) is 4.85. The van der Waals surface area contributed by atoms with E-state index in [4.69, 9.17) is 4.74 Å². The Bertz CT molecular complexity index is 866. The first-order valence-corrected chi connectivity index (χ1v) is 10.5. The predicted molar refractivity (Wildman–Crippen MR) is 118 cm³/mol. The Labute approximate surface area is 178 Å². The molecule has 0 unspecified atom stereocenters. The van der Waals surface area contributed by atoms with Crippen LogP contribution in [-0.4, -0.2) is 35.6 Å². The number of amides is 2. The molecule has 2 aromatic rings. The van der Waals surface area contributed by atoms with Crippen molar-refractivity contribution in [2.24, 2.45) is 0 Å². The summed E-state index contributed by atoms with van der Waals surface area (Å²) in [4.78, 5) is 26.9. The molecule has 6 nitrogen and oxygen atoms in total. The highest BCUT2D eigenvalue weighted by Gasteiger charge is 2.16. The SMILES string of the molecule is CC(C)(C)OC(=O)Nc1cccc(C(=O)NCc2ccc(CN3CCCC3)cc2)c1. The monoisotopic (exact) mass is 409 g/mol. The van der Waals surface area contributed by atoms with Gasteiger partial charge in [0.25, 0.3) is 5.91 Å². The van der Waals surface area contributed by atoms with Crippen molar-refractivity contribution in [3.8, 4) is 0 Å². The van der Waals surface area contributed by atoms with E-state index >= 15 is 0 Å². The molecule has 2 aromatic carbocycles. The van der Waals surface area contributed by atoms with Gasteiger partial charge in [0.05, 0.1) is 0 Å². The quantitative estimate of drug-likeness (QED) is 0.734. The Morgan fingerprint density at radius 3 is 2.33 bits per heavy atom. The number of nitrogens with one attached hydrogen (secondary N) is 2. The molecular weight excluding hydrogens is 378 g/mol. The summed E-state index contributed by atoms with van der Waals surface area (Å²) in [6.07, 6.45) is 2.03. The number of hydrogen-bond acceptors (Lipinski definition) is 4. The van der Waals surface area contributed by atoms with Gasteiger partial charge in [-0.25, -0.2) is 4.79 Å². The molecule has 0 bridgehead atoms. The molecule has 0 aromatic heterocycles. The van der Waals surface area contributed by atoms with Gasteiger partial charge in [0.2, 0.25) is 0 Å². The zero-order valence-electron chi connectivity index (χ0n) is 18.0. The van der Waals surface area contributed by atoms with Crippen molar-refractivity contribution in [2.45, 2.75) is 52.3 Å². The Morgan fingerprint density at radius 1 is 1.00 bits per heavy atom. The van der Waals surface area contributed by atoms with Crippen LogP contribution < -0.4 is 10.6 Å². The minimum atomic E-state index is -0.580. The second kappa shape index (κ2) is 9.76. The molecule has 3 rings (SSSR count). The highest BCUT2D eigenvalue weighted by atomic mass is 16.6. The van der Waals surface area contributed by atoms with Crippen LogP contribution in [0.3, 0.4) is 0 Å². The molecule has 0 spiro atoms. The van der Waals surface area contributed by atoms with Gasteiger partial charge < -0.3 is 10.1 Å². The topological polar surface area (TPSA) is 70.7 Å². The van der Waals surface area contributed by atoms with E-state index in [-0.39, 0.29) is 5.91 Å². The fourth-order valence-corrected chi connectivity index (χ4v) is 3.41. The van der Waals surface area contributed by atoms with E-state index in [1.54, 1.807) is 45.0 Å². The maximum absolute atomic E-state index is 12.5. The van der Waals surface area contributed by atoms with Crippen LogP contribution in [0.15, 0.2) is 48.5 Å². The van der Waals surface area contributed by atoms with Crippen LogP contribution in [-0.2, 0) is 17.8 Å². The Morgan fingerprint density at radius 2 is 1.67 bits per heavy atom. The van der Waals surface area contributed by atoms with Crippen LogP contribution in [0.1, 0.15) is 55.1 Å². The van der Waals surface area contributed by atoms with Gasteiger partial charge in [-0.05, 0) is 76.0 Å². The molecule has 0 aliphatic carbocycles. The second-order valence-corrected chi connectivity index (χ2v) is 8.69. The molecule has 1 saturated heterocycles. The van der Waals surface area contributed by atoms with Crippen LogP contribution >= 0.6 is 0 Å². The molecule has 160 valence electrons. The average Bonchev–Trinajstić information content (AvgIpc) is 3.19. The second-order valence-electron chi connectivity index (χ2n) is 8.69. The maximum atomic E-state index is 12.5. The Balaban J connectivity index is 1.51. The number of likely N-dealkylation sites (tertiary alicyclic amines) is 1. The standard InChI is InChI=1S/C24H31N3O3/c1-24(2,3)30-23(29)26-21-8-6-7-20(15-21)22(28)25-16-18-9-11-19(12-10-18)17-27-13-4-5-14-27/h6-12,15H,4-5,13-14,16-17H2,1-3H3,(H,25,28)(H,26,29). The number of ether oxygens (including phenoxy) is 1. The van der Waals surface area contributed by atoms with Crippen molar-refractivity contribution in [3.05, 3.63) is 65.2 Å². The van der Waals surface area contributed by atoms with Gasteiger partial charge in [-0.15, -0.1) is 0 Å². The Hall–Kier alpha value is -2.86. The van der Waals surface area contributed by atoms with Crippen LogP contribution in [0.4, 0.5) is 10.5 Å². The third-order valence-electron chi connectivity index (χ3n) is 4.85. The molecule has 0 atom stereocenters. The van der Waals surface area contributed by atoms with E-state index < -0.39 is 11.7 Å². The van der Waals surface area contributed by atoms with Gasteiger partial charge in [0, 0.05) is 24.3 Å². The fraction of sp³-hybridized carbons (Fsp3) is 0.417. The molecule has 6 heteroatoms. The van der Waals surface area contributed by atoms with Crippen molar-refractivity contribution < 1.29 is 14.3 Å². The van der Waals surface area contributed by atoms with E-state index in [1.807, 2.05) is 0 Å². The van der Waals surface area contributed by atoms with Crippen molar-refractivity contribution in [1.29, 1.82) is 0 Å². The summed E-state index contributed by atoms with van der Waals surface area (Å²) in [6.45, 7) is 9.20. The van der Waals surface area contributed by atoms with Crippen molar-refractivity contribution in [1.82, 2.24) is 10.2 Å². The summed E-state index contributed by atoms with van der Waals surface area (Å²) < 4.78 is 5.25. The van der Waals surface area contributed by atoms with Crippen LogP contribution in [0.25, 0.3) is 0 Å². The summed E-state index contributed by atoms with van der Waals surface area (Å²) in [5, 5.41) is 5.59. The lowest BCUT2D eigenvalue weighted by Crippen LogP contribution is -2.27. The fourth-order valence-electron chi connectivity index (χ4n) is 3.41. The Kier molecular flexibility index (Phi) is 7.11. The number of carbonyl (C=O) groups excluding carboxylic acids is 2. The lowest BCUT2D eigenvalue weighted by Gasteiger charge is -2.19. The summed E-state index contributed by atoms with van der Waals surface area (Å²) in [7, 11) is 0. The van der Waals surface area contributed by atoms with Crippen molar-refractivity contribution >= 4 is 17.7 Å². The predicted octanol–water partition coefficient (Wildman–Crippen LogP) is 4.56. The van der Waals surface area contributed by atoms with E-state index in [9.17, 15) is 9.59 Å². The van der Waals surface area contributed by atoms with Gasteiger partial charge in [-0.2, -0.15) is 0 Å². The minimum absolute atomic E-state index is 0.191. The van der Waals surface area contributed by atoms with Gasteiger partial charge in [0.15, 0.2) is 0 Å². The third kappa shape index (κ3) is 6.88.